The molecular weight excluding hydrogens is 247 g/mol. The fourth-order valence-corrected chi connectivity index (χ4v) is 2.46. The fourth-order valence-electron chi connectivity index (χ4n) is 1.37. The Hall–Kier alpha value is -0.680. The molecule has 96 valence electrons. The van der Waals surface area contributed by atoms with E-state index in [0.29, 0.717) is 11.3 Å². The Morgan fingerprint density at radius 2 is 1.76 bits per heavy atom. The molecule has 0 saturated heterocycles. The number of aryl methyl sites for hydroxylation is 1. The Morgan fingerprint density at radius 3 is 2.18 bits per heavy atom. The summed E-state index contributed by atoms with van der Waals surface area (Å²) in [6.45, 7) is 3.56. The van der Waals surface area contributed by atoms with Gasteiger partial charge in [0, 0.05) is 10.9 Å². The van der Waals surface area contributed by atoms with Crippen LogP contribution < -0.4 is 5.73 Å². The van der Waals surface area contributed by atoms with Crippen molar-refractivity contribution >= 4 is 11.8 Å². The summed E-state index contributed by atoms with van der Waals surface area (Å²) in [5.41, 5.74) is 6.57. The number of hydrogen-bond acceptors (Lipinski definition) is 2. The van der Waals surface area contributed by atoms with Crippen molar-refractivity contribution in [3.8, 4) is 0 Å². The van der Waals surface area contributed by atoms with Gasteiger partial charge in [-0.25, -0.2) is 0 Å². The van der Waals surface area contributed by atoms with Crippen molar-refractivity contribution in [3.63, 3.8) is 0 Å². The third kappa shape index (κ3) is 4.24. The highest BCUT2D eigenvalue weighted by Crippen LogP contribution is 2.37. The van der Waals surface area contributed by atoms with Gasteiger partial charge in [-0.1, -0.05) is 24.6 Å². The van der Waals surface area contributed by atoms with Gasteiger partial charge in [0.05, 0.1) is 0 Å². The largest absolute Gasteiger partial charge is 0.402 e. The monoisotopic (exact) mass is 263 g/mol. The zero-order valence-corrected chi connectivity index (χ0v) is 10.6. The van der Waals surface area contributed by atoms with E-state index in [1.54, 1.807) is 31.2 Å². The fraction of sp³-hybridized carbons (Fsp3) is 0.500. The average Bonchev–Trinajstić information content (AvgIpc) is 2.25. The average molecular weight is 263 g/mol. The molecule has 0 aliphatic heterocycles. The first-order chi connectivity index (χ1) is 7.84. The van der Waals surface area contributed by atoms with Gasteiger partial charge in [-0.2, -0.15) is 13.2 Å². The van der Waals surface area contributed by atoms with Crippen LogP contribution in [0.3, 0.4) is 0 Å². The van der Waals surface area contributed by atoms with E-state index in [2.05, 4.69) is 0 Å². The van der Waals surface area contributed by atoms with Gasteiger partial charge in [0.1, 0.15) is 5.25 Å². The maximum atomic E-state index is 12.8. The van der Waals surface area contributed by atoms with Crippen molar-refractivity contribution in [1.82, 2.24) is 0 Å². The number of halogens is 3. The first kappa shape index (κ1) is 14.4. The van der Waals surface area contributed by atoms with Crippen molar-refractivity contribution in [2.75, 3.05) is 0 Å². The van der Waals surface area contributed by atoms with Crippen molar-refractivity contribution in [2.45, 2.75) is 42.6 Å². The molecule has 0 aliphatic rings. The van der Waals surface area contributed by atoms with E-state index >= 15 is 0 Å². The molecule has 1 rings (SSSR count). The Kier molecular flexibility index (Phi) is 4.89. The van der Waals surface area contributed by atoms with Gasteiger partial charge in [-0.3, -0.25) is 0 Å². The number of hydrogen-bond donors (Lipinski definition) is 1. The standard InChI is InChI=1S/C12H16F3NS/c1-3-10(16)11(12(13,14)15)17-9-6-4-8(2)5-7-9/h4-7,10-11H,3,16H2,1-2H3. The Morgan fingerprint density at radius 1 is 1.24 bits per heavy atom. The molecule has 0 aliphatic carbocycles. The second kappa shape index (κ2) is 5.78. The predicted molar refractivity (Wildman–Crippen MR) is 65.1 cm³/mol. The first-order valence-electron chi connectivity index (χ1n) is 5.40. The van der Waals surface area contributed by atoms with Gasteiger partial charge in [0.2, 0.25) is 0 Å². The van der Waals surface area contributed by atoms with E-state index in [9.17, 15) is 13.2 Å². The number of alkyl halides is 3. The lowest BCUT2D eigenvalue weighted by molar-refractivity contribution is -0.132. The van der Waals surface area contributed by atoms with E-state index in [-0.39, 0.29) is 0 Å². The summed E-state index contributed by atoms with van der Waals surface area (Å²) in [6.07, 6.45) is -3.96. The summed E-state index contributed by atoms with van der Waals surface area (Å²) >= 11 is 0.787. The summed E-state index contributed by atoms with van der Waals surface area (Å²) in [5, 5.41) is -1.55. The molecule has 0 radical (unpaired) electrons. The highest BCUT2D eigenvalue weighted by molar-refractivity contribution is 8.00. The van der Waals surface area contributed by atoms with E-state index in [1.165, 1.54) is 0 Å². The van der Waals surface area contributed by atoms with Crippen LogP contribution in [0.25, 0.3) is 0 Å². The molecule has 0 heterocycles. The van der Waals surface area contributed by atoms with Crippen LogP contribution in [-0.4, -0.2) is 17.5 Å². The molecule has 0 spiro atoms. The van der Waals surface area contributed by atoms with Gasteiger partial charge in [0.25, 0.3) is 0 Å². The van der Waals surface area contributed by atoms with Crippen LogP contribution in [0.2, 0.25) is 0 Å². The molecule has 2 unspecified atom stereocenters. The van der Waals surface area contributed by atoms with Crippen LogP contribution in [0.5, 0.6) is 0 Å². The Bertz CT molecular complexity index is 348. The van der Waals surface area contributed by atoms with Gasteiger partial charge in [-0.15, -0.1) is 11.8 Å². The van der Waals surface area contributed by atoms with Crippen molar-refractivity contribution < 1.29 is 13.2 Å². The summed E-state index contributed by atoms with van der Waals surface area (Å²) < 4.78 is 38.5. The van der Waals surface area contributed by atoms with Crippen LogP contribution in [-0.2, 0) is 0 Å². The van der Waals surface area contributed by atoms with Crippen LogP contribution in [0.15, 0.2) is 29.2 Å². The summed E-state index contributed by atoms with van der Waals surface area (Å²) in [7, 11) is 0. The van der Waals surface area contributed by atoms with Crippen molar-refractivity contribution in [1.29, 1.82) is 0 Å². The number of thioether (sulfide) groups is 1. The molecule has 2 N–H and O–H groups in total. The van der Waals surface area contributed by atoms with Gasteiger partial charge < -0.3 is 5.73 Å². The van der Waals surface area contributed by atoms with Gasteiger partial charge in [0.15, 0.2) is 0 Å². The third-order valence-corrected chi connectivity index (χ3v) is 3.88. The number of nitrogens with two attached hydrogens (primary N) is 1. The molecule has 5 heteroatoms. The molecule has 0 amide bonds. The second-order valence-electron chi connectivity index (χ2n) is 3.97. The lowest BCUT2D eigenvalue weighted by atomic mass is 10.1. The minimum atomic E-state index is -4.27. The first-order valence-corrected chi connectivity index (χ1v) is 6.28. The molecule has 1 aromatic rings. The van der Waals surface area contributed by atoms with Crippen LogP contribution in [0.4, 0.5) is 13.2 Å². The summed E-state index contributed by atoms with van der Waals surface area (Å²) in [4.78, 5) is 0.599. The van der Waals surface area contributed by atoms with E-state index in [0.717, 1.165) is 17.3 Å². The molecule has 0 saturated carbocycles. The molecule has 0 fully saturated rings. The summed E-state index contributed by atoms with van der Waals surface area (Å²) in [5.74, 6) is 0. The SMILES string of the molecule is CCC(N)C(Sc1ccc(C)cc1)C(F)(F)F. The zero-order chi connectivity index (χ0) is 13.1. The zero-order valence-electron chi connectivity index (χ0n) is 9.79. The molecule has 1 aromatic carbocycles. The smallest absolute Gasteiger partial charge is 0.326 e. The van der Waals surface area contributed by atoms with E-state index in [4.69, 9.17) is 5.73 Å². The molecule has 0 bridgehead atoms. The third-order valence-electron chi connectivity index (χ3n) is 2.47. The Balaban J connectivity index is 2.83. The van der Waals surface area contributed by atoms with Gasteiger partial charge in [-0.05, 0) is 25.5 Å². The van der Waals surface area contributed by atoms with Crippen LogP contribution >= 0.6 is 11.8 Å². The Labute approximate surface area is 104 Å². The quantitative estimate of drug-likeness (QED) is 0.837. The van der Waals surface area contributed by atoms with Crippen molar-refractivity contribution in [2.24, 2.45) is 5.73 Å². The van der Waals surface area contributed by atoms with Gasteiger partial charge >= 0.3 is 6.18 Å². The lowest BCUT2D eigenvalue weighted by Crippen LogP contribution is -2.42. The number of rotatable bonds is 4. The normalized spacial score (nSPS) is 15.6. The minimum Gasteiger partial charge on any atom is -0.326 e. The molecule has 17 heavy (non-hydrogen) atoms. The molecular formula is C12H16F3NS. The highest BCUT2D eigenvalue weighted by atomic mass is 32.2. The maximum absolute atomic E-state index is 12.8. The lowest BCUT2D eigenvalue weighted by Gasteiger charge is -2.24. The maximum Gasteiger partial charge on any atom is 0.402 e. The summed E-state index contributed by atoms with van der Waals surface area (Å²) in [6, 6.07) is 6.12. The van der Waals surface area contributed by atoms with E-state index in [1.807, 2.05) is 6.92 Å². The predicted octanol–water partition coefficient (Wildman–Crippen LogP) is 3.76. The second-order valence-corrected chi connectivity index (χ2v) is 5.18. The van der Waals surface area contributed by atoms with Crippen molar-refractivity contribution in [3.05, 3.63) is 29.8 Å². The minimum absolute atomic E-state index is 0.309. The van der Waals surface area contributed by atoms with E-state index < -0.39 is 17.5 Å². The molecule has 0 aromatic heterocycles. The molecule has 2 atom stereocenters. The topological polar surface area (TPSA) is 26.0 Å². The van der Waals surface area contributed by atoms with Crippen LogP contribution in [0, 0.1) is 6.92 Å². The van der Waals surface area contributed by atoms with Crippen LogP contribution in [0.1, 0.15) is 18.9 Å². The molecule has 1 nitrogen and oxygen atoms in total. The number of benzene rings is 1. The highest BCUT2D eigenvalue weighted by Gasteiger charge is 2.43.